The Bertz CT molecular complexity index is 1290. The van der Waals surface area contributed by atoms with E-state index < -0.39 is 0 Å². The summed E-state index contributed by atoms with van der Waals surface area (Å²) >= 11 is 0. The summed E-state index contributed by atoms with van der Waals surface area (Å²) in [5.41, 5.74) is 2.62. The van der Waals surface area contributed by atoms with Crippen molar-refractivity contribution < 1.29 is 4.79 Å². The molecule has 0 atom stereocenters. The average molecular weight is 447 g/mol. The molecular formula is C22H26N10O. The number of anilines is 3. The van der Waals surface area contributed by atoms with Crippen molar-refractivity contribution >= 4 is 34.6 Å². The summed E-state index contributed by atoms with van der Waals surface area (Å²) in [5, 5.41) is 13.7. The van der Waals surface area contributed by atoms with E-state index in [4.69, 9.17) is 0 Å². The highest BCUT2D eigenvalue weighted by molar-refractivity contribution is 5.92. The zero-order chi connectivity index (χ0) is 22.8. The molecule has 0 spiro atoms. The maximum atomic E-state index is 13.0. The molecule has 0 aliphatic heterocycles. The monoisotopic (exact) mass is 446 g/mol. The molecule has 33 heavy (non-hydrogen) atoms. The lowest BCUT2D eigenvalue weighted by Crippen LogP contribution is -2.38. The average Bonchev–Trinajstić information content (AvgIpc) is 3.46. The Morgan fingerprint density at radius 2 is 1.94 bits per heavy atom. The van der Waals surface area contributed by atoms with Gasteiger partial charge in [0.2, 0.25) is 5.95 Å². The van der Waals surface area contributed by atoms with E-state index in [0.717, 1.165) is 36.9 Å². The summed E-state index contributed by atoms with van der Waals surface area (Å²) in [6.07, 6.45) is 8.67. The van der Waals surface area contributed by atoms with Gasteiger partial charge in [0.25, 0.3) is 0 Å². The molecule has 0 unspecified atom stereocenters. The minimum Gasteiger partial charge on any atom is -0.371 e. The van der Waals surface area contributed by atoms with E-state index in [1.807, 2.05) is 31.3 Å². The van der Waals surface area contributed by atoms with Crippen LogP contribution in [0.4, 0.5) is 22.2 Å². The largest absolute Gasteiger partial charge is 0.371 e. The van der Waals surface area contributed by atoms with Gasteiger partial charge in [-0.3, -0.25) is 4.68 Å². The third-order valence-corrected chi connectivity index (χ3v) is 5.76. The first-order chi connectivity index (χ1) is 16.1. The maximum absolute atomic E-state index is 13.0. The zero-order valence-electron chi connectivity index (χ0n) is 18.6. The first-order valence-corrected chi connectivity index (χ1v) is 11.1. The van der Waals surface area contributed by atoms with Crippen LogP contribution >= 0.6 is 0 Å². The fourth-order valence-electron chi connectivity index (χ4n) is 4.11. The Hall–Kier alpha value is -4.02. The molecule has 0 bridgehead atoms. The van der Waals surface area contributed by atoms with Gasteiger partial charge < -0.3 is 16.0 Å². The molecule has 1 aromatic carbocycles. The fraction of sp³-hybridized carbons (Fsp3) is 0.364. The first kappa shape index (κ1) is 20.9. The lowest BCUT2D eigenvalue weighted by atomic mass is 9.96. The van der Waals surface area contributed by atoms with Crippen LogP contribution in [0.25, 0.3) is 22.6 Å². The van der Waals surface area contributed by atoms with Crippen LogP contribution in [-0.2, 0) is 7.05 Å². The number of imidazole rings is 1. The summed E-state index contributed by atoms with van der Waals surface area (Å²) in [5.74, 6) is 1.52. The smallest absolute Gasteiger partial charge is 0.328 e. The quantitative estimate of drug-likeness (QED) is 0.426. The molecular weight excluding hydrogens is 420 g/mol. The molecule has 1 saturated carbocycles. The molecule has 1 amide bonds. The number of nitrogens with zero attached hydrogens (tertiary/aromatic N) is 7. The van der Waals surface area contributed by atoms with Crippen molar-refractivity contribution in [3.63, 3.8) is 0 Å². The van der Waals surface area contributed by atoms with Gasteiger partial charge >= 0.3 is 6.03 Å². The number of nitrogens with one attached hydrogen (secondary N) is 3. The fourth-order valence-corrected chi connectivity index (χ4v) is 4.11. The Balaban J connectivity index is 1.44. The molecule has 1 aliphatic rings. The number of aromatic nitrogens is 7. The third kappa shape index (κ3) is 4.34. The van der Waals surface area contributed by atoms with Gasteiger partial charge in [-0.2, -0.15) is 15.1 Å². The third-order valence-electron chi connectivity index (χ3n) is 5.76. The van der Waals surface area contributed by atoms with Crippen LogP contribution in [0, 0.1) is 0 Å². The molecule has 3 heterocycles. The SMILES string of the molecule is CNc1nc(Nc2cccc(-c3ncn(C)n3)c2)nc2c1ncn2C(=O)NC1CCCCC1. The predicted octanol–water partition coefficient (Wildman–Crippen LogP) is 3.30. The van der Waals surface area contributed by atoms with Gasteiger partial charge in [-0.05, 0) is 25.0 Å². The van der Waals surface area contributed by atoms with E-state index in [1.54, 1.807) is 18.1 Å². The minimum atomic E-state index is -0.223. The highest BCUT2D eigenvalue weighted by Crippen LogP contribution is 2.25. The van der Waals surface area contributed by atoms with Crippen LogP contribution < -0.4 is 16.0 Å². The normalized spacial score (nSPS) is 14.4. The summed E-state index contributed by atoms with van der Waals surface area (Å²) in [7, 11) is 3.59. The summed E-state index contributed by atoms with van der Waals surface area (Å²) < 4.78 is 3.11. The molecule has 0 radical (unpaired) electrons. The van der Waals surface area contributed by atoms with Crippen LogP contribution in [0.2, 0.25) is 0 Å². The van der Waals surface area contributed by atoms with E-state index >= 15 is 0 Å². The minimum absolute atomic E-state index is 0.190. The van der Waals surface area contributed by atoms with Crippen LogP contribution in [0.5, 0.6) is 0 Å². The number of hydrogen-bond acceptors (Lipinski definition) is 8. The van der Waals surface area contributed by atoms with E-state index in [9.17, 15) is 4.79 Å². The Labute approximate surface area is 190 Å². The van der Waals surface area contributed by atoms with Crippen LogP contribution in [0.1, 0.15) is 32.1 Å². The molecule has 3 aromatic heterocycles. The van der Waals surface area contributed by atoms with Crippen molar-refractivity contribution in [1.82, 2.24) is 39.6 Å². The number of carbonyl (C=O) groups is 1. The van der Waals surface area contributed by atoms with Gasteiger partial charge in [0.1, 0.15) is 12.7 Å². The molecule has 11 heteroatoms. The summed E-state index contributed by atoms with van der Waals surface area (Å²) in [6.45, 7) is 0. The van der Waals surface area contributed by atoms with Gasteiger partial charge in [-0.15, -0.1) is 0 Å². The molecule has 0 saturated heterocycles. The van der Waals surface area contributed by atoms with E-state index in [2.05, 4.69) is 41.0 Å². The molecule has 1 aliphatic carbocycles. The van der Waals surface area contributed by atoms with Crippen LogP contribution in [-0.4, -0.2) is 53.4 Å². The van der Waals surface area contributed by atoms with Crippen molar-refractivity contribution in [2.45, 2.75) is 38.1 Å². The molecule has 11 nitrogen and oxygen atoms in total. The maximum Gasteiger partial charge on any atom is 0.328 e. The van der Waals surface area contributed by atoms with Gasteiger partial charge in [0.05, 0.1) is 0 Å². The molecule has 5 rings (SSSR count). The van der Waals surface area contributed by atoms with Gasteiger partial charge in [-0.25, -0.2) is 19.3 Å². The number of carbonyl (C=O) groups excluding carboxylic acids is 1. The number of aryl methyl sites for hydroxylation is 1. The van der Waals surface area contributed by atoms with Crippen molar-refractivity contribution in [2.24, 2.45) is 7.05 Å². The number of fused-ring (bicyclic) bond motifs is 1. The van der Waals surface area contributed by atoms with Crippen LogP contribution in [0.15, 0.2) is 36.9 Å². The second-order valence-corrected chi connectivity index (χ2v) is 8.16. The number of rotatable bonds is 5. The number of amides is 1. The Morgan fingerprint density at radius 3 is 2.70 bits per heavy atom. The summed E-state index contributed by atoms with van der Waals surface area (Å²) in [6, 6.07) is 7.65. The van der Waals surface area contributed by atoms with Crippen molar-refractivity contribution in [3.05, 3.63) is 36.9 Å². The van der Waals surface area contributed by atoms with Crippen molar-refractivity contribution in [3.8, 4) is 11.4 Å². The predicted molar refractivity (Wildman–Crippen MR) is 125 cm³/mol. The highest BCUT2D eigenvalue weighted by atomic mass is 16.2. The molecule has 4 aromatic rings. The second kappa shape index (κ2) is 8.85. The molecule has 170 valence electrons. The van der Waals surface area contributed by atoms with Crippen molar-refractivity contribution in [2.75, 3.05) is 17.7 Å². The summed E-state index contributed by atoms with van der Waals surface area (Å²) in [4.78, 5) is 30.8. The molecule has 1 fully saturated rings. The van der Waals surface area contributed by atoms with Crippen molar-refractivity contribution in [1.29, 1.82) is 0 Å². The topological polar surface area (TPSA) is 127 Å². The number of hydrogen-bond donors (Lipinski definition) is 3. The zero-order valence-corrected chi connectivity index (χ0v) is 18.6. The lowest BCUT2D eigenvalue weighted by molar-refractivity contribution is 0.235. The van der Waals surface area contributed by atoms with E-state index in [1.165, 1.54) is 17.3 Å². The van der Waals surface area contributed by atoms with E-state index in [-0.39, 0.29) is 12.1 Å². The van der Waals surface area contributed by atoms with Gasteiger partial charge in [0, 0.05) is 31.4 Å². The van der Waals surface area contributed by atoms with Crippen LogP contribution in [0.3, 0.4) is 0 Å². The van der Waals surface area contributed by atoms with E-state index in [0.29, 0.717) is 28.8 Å². The second-order valence-electron chi connectivity index (χ2n) is 8.16. The van der Waals surface area contributed by atoms with Gasteiger partial charge in [-0.1, -0.05) is 31.4 Å². The Kier molecular flexibility index (Phi) is 5.59. The lowest BCUT2D eigenvalue weighted by Gasteiger charge is -2.22. The number of benzene rings is 1. The standard InChI is InChI=1S/C22H26N10O/c1-23-19-17-20(32(13-24-17)22(33)27-15-8-4-3-5-9-15)29-21(28-19)26-16-10-6-7-14(11-16)18-25-12-31(2)30-18/h6-7,10-13,15H,3-5,8-9H2,1-2H3,(H,27,33)(H2,23,26,28,29). The Morgan fingerprint density at radius 1 is 1.09 bits per heavy atom. The molecule has 3 N–H and O–H groups in total. The first-order valence-electron chi connectivity index (χ1n) is 11.1. The van der Waals surface area contributed by atoms with Gasteiger partial charge in [0.15, 0.2) is 22.8 Å². The highest BCUT2D eigenvalue weighted by Gasteiger charge is 2.20.